The van der Waals surface area contributed by atoms with Crippen molar-refractivity contribution in [1.29, 1.82) is 0 Å². The fourth-order valence-corrected chi connectivity index (χ4v) is 2.14. The van der Waals surface area contributed by atoms with E-state index in [0.717, 1.165) is 25.1 Å². The van der Waals surface area contributed by atoms with E-state index in [2.05, 4.69) is 10.3 Å². The number of oxazole rings is 1. The van der Waals surface area contributed by atoms with E-state index in [9.17, 15) is 4.39 Å². The van der Waals surface area contributed by atoms with Crippen LogP contribution in [0, 0.1) is 5.82 Å². The van der Waals surface area contributed by atoms with Crippen LogP contribution in [0.5, 0.6) is 0 Å². The second-order valence-electron chi connectivity index (χ2n) is 4.21. The summed E-state index contributed by atoms with van der Waals surface area (Å²) in [4.78, 5) is 4.35. The van der Waals surface area contributed by atoms with Gasteiger partial charge in [0.05, 0.1) is 17.3 Å². The van der Waals surface area contributed by atoms with Gasteiger partial charge in [-0.15, -0.1) is 0 Å². The Hall–Kier alpha value is -1.68. The molecule has 1 aliphatic rings. The second-order valence-corrected chi connectivity index (χ2v) is 4.21. The van der Waals surface area contributed by atoms with Crippen LogP contribution in [0.2, 0.25) is 0 Å². The Labute approximate surface area is 98.7 Å². The van der Waals surface area contributed by atoms with Crippen LogP contribution in [0.3, 0.4) is 0 Å². The first kappa shape index (κ1) is 10.5. The van der Waals surface area contributed by atoms with Gasteiger partial charge >= 0.3 is 0 Å². The van der Waals surface area contributed by atoms with Gasteiger partial charge in [0.2, 0.25) is 5.89 Å². The zero-order valence-electron chi connectivity index (χ0n) is 9.32. The summed E-state index contributed by atoms with van der Waals surface area (Å²) in [5, 5.41) is 3.34. The average molecular weight is 232 g/mol. The molecular formula is C13H13FN2O. The molecule has 0 radical (unpaired) electrons. The molecule has 0 spiro atoms. The van der Waals surface area contributed by atoms with E-state index < -0.39 is 0 Å². The zero-order chi connectivity index (χ0) is 11.7. The molecule has 4 heteroatoms. The highest BCUT2D eigenvalue weighted by atomic mass is 19.1. The highest BCUT2D eigenvalue weighted by molar-refractivity contribution is 5.53. The van der Waals surface area contributed by atoms with Gasteiger partial charge in [0.25, 0.3) is 0 Å². The third-order valence-electron chi connectivity index (χ3n) is 3.04. The minimum atomic E-state index is -0.305. The summed E-state index contributed by atoms with van der Waals surface area (Å²) in [7, 11) is 0. The molecule has 17 heavy (non-hydrogen) atoms. The van der Waals surface area contributed by atoms with Crippen molar-refractivity contribution < 1.29 is 8.81 Å². The molecule has 0 saturated carbocycles. The van der Waals surface area contributed by atoms with E-state index in [1.165, 1.54) is 6.07 Å². The maximum Gasteiger partial charge on any atom is 0.229 e. The first-order chi connectivity index (χ1) is 8.34. The highest BCUT2D eigenvalue weighted by Crippen LogP contribution is 2.27. The first-order valence-electron chi connectivity index (χ1n) is 5.78. The van der Waals surface area contributed by atoms with E-state index in [0.29, 0.717) is 11.5 Å². The molecule has 88 valence electrons. The molecule has 1 fully saturated rings. The molecule has 1 atom stereocenters. The van der Waals surface area contributed by atoms with E-state index in [-0.39, 0.29) is 11.9 Å². The van der Waals surface area contributed by atoms with Crippen molar-refractivity contribution in [3.8, 4) is 11.5 Å². The molecule has 1 aliphatic heterocycles. The summed E-state index contributed by atoms with van der Waals surface area (Å²) in [5.74, 6) is 0.0482. The summed E-state index contributed by atoms with van der Waals surface area (Å²) < 4.78 is 18.9. The van der Waals surface area contributed by atoms with Gasteiger partial charge < -0.3 is 9.73 Å². The Morgan fingerprint density at radius 1 is 1.35 bits per heavy atom. The third-order valence-corrected chi connectivity index (χ3v) is 3.04. The number of rotatable bonds is 2. The molecule has 0 bridgehead atoms. The molecule has 3 nitrogen and oxygen atoms in total. The van der Waals surface area contributed by atoms with Crippen LogP contribution in [0.25, 0.3) is 11.5 Å². The van der Waals surface area contributed by atoms with Crippen LogP contribution in [0.15, 0.2) is 34.9 Å². The molecule has 1 saturated heterocycles. The Kier molecular flexibility index (Phi) is 2.65. The summed E-state index contributed by atoms with van der Waals surface area (Å²) in [5.41, 5.74) is 1.28. The lowest BCUT2D eigenvalue weighted by molar-refractivity contribution is 0.555. The van der Waals surface area contributed by atoms with Gasteiger partial charge in [-0.3, -0.25) is 0 Å². The Morgan fingerprint density at radius 2 is 2.24 bits per heavy atom. The average Bonchev–Trinajstić information content (AvgIpc) is 3.00. The van der Waals surface area contributed by atoms with Crippen LogP contribution in [-0.2, 0) is 0 Å². The summed E-state index contributed by atoms with van der Waals surface area (Å²) in [6.45, 7) is 1.01. The van der Waals surface area contributed by atoms with Crippen molar-refractivity contribution in [3.63, 3.8) is 0 Å². The molecular weight excluding hydrogens is 219 g/mol. The molecule has 0 aliphatic carbocycles. The number of halogens is 1. The first-order valence-corrected chi connectivity index (χ1v) is 5.78. The minimum Gasteiger partial charge on any atom is -0.444 e. The number of aromatic nitrogens is 1. The van der Waals surface area contributed by atoms with Crippen LogP contribution in [-0.4, -0.2) is 11.5 Å². The van der Waals surface area contributed by atoms with Gasteiger partial charge in [0, 0.05) is 0 Å². The SMILES string of the molecule is Fc1ccccc1-c1nc(C2CCCN2)co1. The predicted molar refractivity (Wildman–Crippen MR) is 61.9 cm³/mol. The monoisotopic (exact) mass is 232 g/mol. The molecule has 1 N–H and O–H groups in total. The summed E-state index contributed by atoms with van der Waals surface area (Å²) in [6, 6.07) is 6.76. The van der Waals surface area contributed by atoms with Crippen molar-refractivity contribution in [2.45, 2.75) is 18.9 Å². The second kappa shape index (κ2) is 4.30. The lowest BCUT2D eigenvalue weighted by Gasteiger charge is -2.03. The number of benzene rings is 1. The van der Waals surface area contributed by atoms with Gasteiger partial charge in [-0.05, 0) is 31.5 Å². The molecule has 1 aromatic heterocycles. The topological polar surface area (TPSA) is 38.1 Å². The van der Waals surface area contributed by atoms with Gasteiger partial charge in [0.15, 0.2) is 0 Å². The van der Waals surface area contributed by atoms with Crippen molar-refractivity contribution in [3.05, 3.63) is 42.0 Å². The fourth-order valence-electron chi connectivity index (χ4n) is 2.14. The van der Waals surface area contributed by atoms with Crippen LogP contribution in [0.4, 0.5) is 4.39 Å². The van der Waals surface area contributed by atoms with Crippen molar-refractivity contribution >= 4 is 0 Å². The standard InChI is InChI=1S/C13H13FN2O/c14-10-5-2-1-4-9(10)13-16-12(8-17-13)11-6-3-7-15-11/h1-2,4-5,8,11,15H,3,6-7H2. The highest BCUT2D eigenvalue weighted by Gasteiger charge is 2.20. The van der Waals surface area contributed by atoms with E-state index in [1.54, 1.807) is 24.5 Å². The fraction of sp³-hybridized carbons (Fsp3) is 0.308. The maximum atomic E-state index is 13.5. The lowest BCUT2D eigenvalue weighted by Crippen LogP contribution is -2.12. The molecule has 3 rings (SSSR count). The molecule has 2 heterocycles. The number of nitrogens with zero attached hydrogens (tertiary/aromatic N) is 1. The van der Waals surface area contributed by atoms with Gasteiger partial charge in [-0.2, -0.15) is 0 Å². The normalized spacial score (nSPS) is 19.7. The van der Waals surface area contributed by atoms with Gasteiger partial charge in [-0.1, -0.05) is 12.1 Å². The molecule has 2 aromatic rings. The third kappa shape index (κ3) is 1.96. The lowest BCUT2D eigenvalue weighted by atomic mass is 10.2. The van der Waals surface area contributed by atoms with Crippen molar-refractivity contribution in [2.24, 2.45) is 0 Å². The Morgan fingerprint density at radius 3 is 3.00 bits per heavy atom. The van der Waals surface area contributed by atoms with E-state index >= 15 is 0 Å². The van der Waals surface area contributed by atoms with Crippen LogP contribution < -0.4 is 5.32 Å². The summed E-state index contributed by atoms with van der Waals surface area (Å²) >= 11 is 0. The van der Waals surface area contributed by atoms with E-state index in [4.69, 9.17) is 4.42 Å². The van der Waals surface area contributed by atoms with E-state index in [1.807, 2.05) is 0 Å². The quantitative estimate of drug-likeness (QED) is 0.865. The van der Waals surface area contributed by atoms with Crippen molar-refractivity contribution in [1.82, 2.24) is 10.3 Å². The smallest absolute Gasteiger partial charge is 0.229 e. The Bertz CT molecular complexity index is 518. The van der Waals surface area contributed by atoms with Gasteiger partial charge in [-0.25, -0.2) is 9.37 Å². The molecule has 1 aromatic carbocycles. The van der Waals surface area contributed by atoms with Crippen LogP contribution in [0.1, 0.15) is 24.6 Å². The predicted octanol–water partition coefficient (Wildman–Crippen LogP) is 2.91. The van der Waals surface area contributed by atoms with Crippen LogP contribution >= 0.6 is 0 Å². The van der Waals surface area contributed by atoms with Crippen molar-refractivity contribution in [2.75, 3.05) is 6.54 Å². The number of nitrogens with one attached hydrogen (secondary N) is 1. The Balaban J connectivity index is 1.92. The molecule has 0 amide bonds. The number of hydrogen-bond acceptors (Lipinski definition) is 3. The summed E-state index contributed by atoms with van der Waals surface area (Å²) in [6.07, 6.45) is 3.82. The van der Waals surface area contributed by atoms with Gasteiger partial charge in [0.1, 0.15) is 12.1 Å². The molecule has 1 unspecified atom stereocenters. The number of hydrogen-bond donors (Lipinski definition) is 1. The zero-order valence-corrected chi connectivity index (χ0v) is 9.32. The largest absolute Gasteiger partial charge is 0.444 e. The minimum absolute atomic E-state index is 0.249. The maximum absolute atomic E-state index is 13.5.